The molecule has 1 unspecified atom stereocenters. The first-order valence-corrected chi connectivity index (χ1v) is 11.9. The van der Waals surface area contributed by atoms with Crippen LogP contribution in [0.3, 0.4) is 0 Å². The number of aryl methyl sites for hydroxylation is 1. The van der Waals surface area contributed by atoms with Crippen molar-refractivity contribution in [3.8, 4) is 17.6 Å². The van der Waals surface area contributed by atoms with Gasteiger partial charge >= 0.3 is 5.97 Å². The molecule has 2 aromatic rings. The predicted molar refractivity (Wildman–Crippen MR) is 122 cm³/mol. The molecular formula is C24H27ClO5S. The summed E-state index contributed by atoms with van der Waals surface area (Å²) >= 11 is 6.12. The van der Waals surface area contributed by atoms with Crippen LogP contribution in [0.1, 0.15) is 50.8 Å². The molecule has 1 atom stereocenters. The highest BCUT2D eigenvalue weighted by Gasteiger charge is 2.33. The van der Waals surface area contributed by atoms with E-state index in [-0.39, 0.29) is 10.6 Å². The van der Waals surface area contributed by atoms with Gasteiger partial charge in [0.1, 0.15) is 5.75 Å². The lowest BCUT2D eigenvalue weighted by molar-refractivity contribution is -0.150. The van der Waals surface area contributed by atoms with Gasteiger partial charge in [0.25, 0.3) is 0 Å². The maximum absolute atomic E-state index is 12.4. The normalized spacial score (nSPS) is 12.6. The van der Waals surface area contributed by atoms with E-state index in [1.165, 1.54) is 0 Å². The molecule has 2 aromatic carbocycles. The van der Waals surface area contributed by atoms with Crippen LogP contribution in [0.2, 0.25) is 5.02 Å². The van der Waals surface area contributed by atoms with E-state index in [2.05, 4.69) is 11.8 Å². The Morgan fingerprint density at radius 2 is 1.77 bits per heavy atom. The van der Waals surface area contributed by atoms with E-state index in [0.717, 1.165) is 5.56 Å². The first kappa shape index (κ1) is 24.8. The number of halogens is 1. The molecule has 0 aliphatic heterocycles. The molecule has 0 aliphatic carbocycles. The van der Waals surface area contributed by atoms with Crippen LogP contribution in [0, 0.1) is 24.2 Å². The third-order valence-electron chi connectivity index (χ3n) is 4.57. The Labute approximate surface area is 189 Å². The Balaban J connectivity index is 2.50. The third kappa shape index (κ3) is 6.49. The zero-order valence-electron chi connectivity index (χ0n) is 18.3. The fraction of sp³-hybridized carbons (Fsp3) is 0.375. The summed E-state index contributed by atoms with van der Waals surface area (Å²) in [5, 5.41) is 9.99. The highest BCUT2D eigenvalue weighted by Crippen LogP contribution is 2.29. The van der Waals surface area contributed by atoms with E-state index in [9.17, 15) is 18.3 Å². The second kappa shape index (κ2) is 9.76. The van der Waals surface area contributed by atoms with Crippen LogP contribution in [0.4, 0.5) is 0 Å². The molecule has 166 valence electrons. The van der Waals surface area contributed by atoms with Crippen LogP contribution in [0.25, 0.3) is 0 Å². The molecule has 0 bridgehead atoms. The molecule has 2 rings (SSSR count). The van der Waals surface area contributed by atoms with Crippen LogP contribution in [0.15, 0.2) is 41.3 Å². The summed E-state index contributed by atoms with van der Waals surface area (Å²) in [6, 6.07) is 9.66. The number of carboxylic acid groups (broad SMARTS) is 1. The van der Waals surface area contributed by atoms with E-state index in [4.69, 9.17) is 16.3 Å². The van der Waals surface area contributed by atoms with E-state index in [1.54, 1.807) is 57.2 Å². The van der Waals surface area contributed by atoms with Gasteiger partial charge in [0.15, 0.2) is 15.9 Å². The predicted octanol–water partition coefficient (Wildman–Crippen LogP) is 5.11. The lowest BCUT2D eigenvalue weighted by Crippen LogP contribution is -2.39. The molecule has 0 saturated heterocycles. The summed E-state index contributed by atoms with van der Waals surface area (Å²) in [6.07, 6.45) is -0.558. The fourth-order valence-corrected chi connectivity index (χ4v) is 4.40. The second-order valence-corrected chi connectivity index (χ2v) is 10.9. The summed E-state index contributed by atoms with van der Waals surface area (Å²) in [5.41, 5.74) is 1.16. The van der Waals surface area contributed by atoms with Crippen LogP contribution >= 0.6 is 11.6 Å². The molecule has 0 heterocycles. The van der Waals surface area contributed by atoms with E-state index in [1.807, 2.05) is 13.8 Å². The van der Waals surface area contributed by atoms with Crippen molar-refractivity contribution in [2.24, 2.45) is 5.41 Å². The Morgan fingerprint density at radius 3 is 2.35 bits per heavy atom. The van der Waals surface area contributed by atoms with Crippen molar-refractivity contribution < 1.29 is 23.1 Å². The highest BCUT2D eigenvalue weighted by atomic mass is 35.5. The monoisotopic (exact) mass is 462 g/mol. The quantitative estimate of drug-likeness (QED) is 0.603. The van der Waals surface area contributed by atoms with Gasteiger partial charge in [-0.2, -0.15) is 0 Å². The topological polar surface area (TPSA) is 80.7 Å². The smallest absolute Gasteiger partial charge is 0.345 e. The molecule has 0 spiro atoms. The standard InChI is InChI=1S/C24H27ClO5S/c1-6-13-31(28,29)20-11-7-16(2)17(15-20)8-9-18-14-19(25)10-12-21(18)30-22(23(26)27)24(3,4)5/h7,10-12,14-15,22H,6,13H2,1-5H3,(H,26,27). The minimum absolute atomic E-state index is 0.0680. The molecule has 7 heteroatoms. The first-order valence-electron chi connectivity index (χ1n) is 9.89. The maximum atomic E-state index is 12.4. The summed E-state index contributed by atoms with van der Waals surface area (Å²) < 4.78 is 30.6. The van der Waals surface area contributed by atoms with Gasteiger partial charge in [0.2, 0.25) is 0 Å². The average molecular weight is 463 g/mol. The molecule has 0 fully saturated rings. The lowest BCUT2D eigenvalue weighted by Gasteiger charge is -2.28. The fourth-order valence-electron chi connectivity index (χ4n) is 2.88. The molecule has 0 amide bonds. The van der Waals surface area contributed by atoms with Gasteiger partial charge in [0, 0.05) is 16.0 Å². The number of hydrogen-bond donors (Lipinski definition) is 1. The SMILES string of the molecule is CCCS(=O)(=O)c1ccc(C)c(C#Cc2cc(Cl)ccc2OC(C(=O)O)C(C)(C)C)c1. The van der Waals surface area contributed by atoms with Gasteiger partial charge in [0.05, 0.1) is 16.2 Å². The number of benzene rings is 2. The van der Waals surface area contributed by atoms with E-state index < -0.39 is 27.3 Å². The van der Waals surface area contributed by atoms with Crippen LogP contribution < -0.4 is 4.74 Å². The summed E-state index contributed by atoms with van der Waals surface area (Å²) in [6.45, 7) is 8.99. The van der Waals surface area contributed by atoms with Crippen molar-refractivity contribution >= 4 is 27.4 Å². The van der Waals surface area contributed by atoms with E-state index in [0.29, 0.717) is 28.3 Å². The molecule has 5 nitrogen and oxygen atoms in total. The number of rotatable bonds is 6. The largest absolute Gasteiger partial charge is 0.478 e. The average Bonchev–Trinajstić information content (AvgIpc) is 2.65. The van der Waals surface area contributed by atoms with Crippen molar-refractivity contribution in [2.45, 2.75) is 52.0 Å². The molecule has 31 heavy (non-hydrogen) atoms. The number of aliphatic carboxylic acids is 1. The van der Waals surface area contributed by atoms with Gasteiger partial charge in [-0.15, -0.1) is 0 Å². The number of carbonyl (C=O) groups is 1. The summed E-state index contributed by atoms with van der Waals surface area (Å²) in [5.74, 6) is 5.25. The van der Waals surface area contributed by atoms with Crippen molar-refractivity contribution in [1.29, 1.82) is 0 Å². The van der Waals surface area contributed by atoms with Crippen LogP contribution in [-0.2, 0) is 14.6 Å². The molecule has 0 aromatic heterocycles. The van der Waals surface area contributed by atoms with Crippen molar-refractivity contribution in [1.82, 2.24) is 0 Å². The summed E-state index contributed by atoms with van der Waals surface area (Å²) in [4.78, 5) is 11.9. The highest BCUT2D eigenvalue weighted by molar-refractivity contribution is 7.91. The van der Waals surface area contributed by atoms with Crippen molar-refractivity contribution in [2.75, 3.05) is 5.75 Å². The Bertz CT molecular complexity index is 1130. The zero-order valence-corrected chi connectivity index (χ0v) is 19.9. The van der Waals surface area contributed by atoms with Gasteiger partial charge < -0.3 is 9.84 Å². The Hall–Kier alpha value is -2.49. The second-order valence-electron chi connectivity index (χ2n) is 8.39. The minimum Gasteiger partial charge on any atom is -0.478 e. The lowest BCUT2D eigenvalue weighted by atomic mass is 9.89. The molecule has 0 saturated carbocycles. The van der Waals surface area contributed by atoms with Crippen molar-refractivity contribution in [3.63, 3.8) is 0 Å². The van der Waals surface area contributed by atoms with Crippen LogP contribution in [0.5, 0.6) is 5.75 Å². The number of ether oxygens (including phenoxy) is 1. The third-order valence-corrected chi connectivity index (χ3v) is 6.72. The van der Waals surface area contributed by atoms with Gasteiger partial charge in [-0.25, -0.2) is 13.2 Å². The summed E-state index contributed by atoms with van der Waals surface area (Å²) in [7, 11) is -3.37. The number of hydrogen-bond acceptors (Lipinski definition) is 4. The minimum atomic E-state index is -3.37. The Kier molecular flexibility index (Phi) is 7.80. The number of carboxylic acids is 1. The van der Waals surface area contributed by atoms with Gasteiger partial charge in [-0.05, 0) is 49.2 Å². The van der Waals surface area contributed by atoms with Gasteiger partial charge in [-0.1, -0.05) is 57.2 Å². The number of sulfone groups is 1. The van der Waals surface area contributed by atoms with Crippen molar-refractivity contribution in [3.05, 3.63) is 58.1 Å². The van der Waals surface area contributed by atoms with E-state index >= 15 is 0 Å². The van der Waals surface area contributed by atoms with Gasteiger partial charge in [-0.3, -0.25) is 0 Å². The zero-order chi connectivity index (χ0) is 23.4. The van der Waals surface area contributed by atoms with Crippen LogP contribution in [-0.4, -0.2) is 31.4 Å². The molecule has 1 N–H and O–H groups in total. The maximum Gasteiger partial charge on any atom is 0.345 e. The Morgan fingerprint density at radius 1 is 1.13 bits per heavy atom. The molecular weight excluding hydrogens is 436 g/mol. The first-order chi connectivity index (χ1) is 14.3. The molecule has 0 radical (unpaired) electrons. The molecule has 0 aliphatic rings.